The van der Waals surface area contributed by atoms with Crippen LogP contribution in [0.2, 0.25) is 0 Å². The molecule has 0 radical (unpaired) electrons. The van der Waals surface area contributed by atoms with Crippen molar-refractivity contribution in [2.75, 3.05) is 5.75 Å². The molecule has 1 N–H and O–H groups in total. The van der Waals surface area contributed by atoms with Crippen molar-refractivity contribution in [2.45, 2.75) is 43.8 Å². The van der Waals surface area contributed by atoms with E-state index in [1.165, 1.54) is 22.7 Å². The molecule has 0 saturated heterocycles. The molecular weight excluding hydrogens is 384 g/mol. The van der Waals surface area contributed by atoms with Crippen LogP contribution in [0.5, 0.6) is 0 Å². The van der Waals surface area contributed by atoms with E-state index in [0.717, 1.165) is 19.3 Å². The van der Waals surface area contributed by atoms with Gasteiger partial charge in [-0.05, 0) is 43.0 Å². The zero-order chi connectivity index (χ0) is 20.2. The molecule has 6 nitrogen and oxygen atoms in total. The van der Waals surface area contributed by atoms with E-state index in [0.29, 0.717) is 27.7 Å². The Labute approximate surface area is 173 Å². The van der Waals surface area contributed by atoms with Gasteiger partial charge in [0.25, 0.3) is 5.56 Å². The van der Waals surface area contributed by atoms with Crippen LogP contribution in [0.25, 0.3) is 16.6 Å². The maximum absolute atomic E-state index is 13.1. The Morgan fingerprint density at radius 2 is 2.03 bits per heavy atom. The van der Waals surface area contributed by atoms with Crippen LogP contribution >= 0.6 is 11.8 Å². The van der Waals surface area contributed by atoms with Gasteiger partial charge >= 0.3 is 0 Å². The summed E-state index contributed by atoms with van der Waals surface area (Å²) in [7, 11) is 0. The molecule has 2 unspecified atom stereocenters. The molecule has 29 heavy (non-hydrogen) atoms. The van der Waals surface area contributed by atoms with Gasteiger partial charge in [0.15, 0.2) is 5.16 Å². The molecular formula is C22H24N4O2S. The molecule has 7 heteroatoms. The van der Waals surface area contributed by atoms with Gasteiger partial charge in [-0.3, -0.25) is 19.1 Å². The number of amides is 1. The number of para-hydroxylation sites is 1. The number of rotatable bonds is 5. The third-order valence-corrected chi connectivity index (χ3v) is 6.38. The molecule has 1 aromatic carbocycles. The fourth-order valence-corrected chi connectivity index (χ4v) is 4.66. The predicted molar refractivity (Wildman–Crippen MR) is 115 cm³/mol. The zero-order valence-electron chi connectivity index (χ0n) is 16.4. The second-order valence-electron chi connectivity index (χ2n) is 7.49. The number of carbonyl (C=O) groups excluding carboxylic acids is 1. The highest BCUT2D eigenvalue weighted by molar-refractivity contribution is 7.99. The zero-order valence-corrected chi connectivity index (χ0v) is 17.2. The number of nitrogens with one attached hydrogen (secondary N) is 1. The maximum atomic E-state index is 13.1. The van der Waals surface area contributed by atoms with Crippen LogP contribution in [0.15, 0.2) is 58.7 Å². The van der Waals surface area contributed by atoms with E-state index in [9.17, 15) is 9.59 Å². The summed E-state index contributed by atoms with van der Waals surface area (Å²) >= 11 is 1.28. The van der Waals surface area contributed by atoms with Gasteiger partial charge in [0.2, 0.25) is 5.91 Å². The van der Waals surface area contributed by atoms with Crippen molar-refractivity contribution in [1.29, 1.82) is 0 Å². The van der Waals surface area contributed by atoms with Gasteiger partial charge in [-0.25, -0.2) is 4.98 Å². The van der Waals surface area contributed by atoms with Crippen molar-refractivity contribution in [1.82, 2.24) is 19.9 Å². The molecule has 1 saturated carbocycles. The number of hydrogen-bond acceptors (Lipinski definition) is 5. The average molecular weight is 409 g/mol. The maximum Gasteiger partial charge on any atom is 0.266 e. The highest BCUT2D eigenvalue weighted by Gasteiger charge is 2.23. The fourth-order valence-electron chi connectivity index (χ4n) is 3.83. The topological polar surface area (TPSA) is 76.9 Å². The molecule has 1 aliphatic carbocycles. The molecule has 2 aromatic heterocycles. The Balaban J connectivity index is 1.61. The lowest BCUT2D eigenvalue weighted by molar-refractivity contribution is -0.119. The normalized spacial score (nSPS) is 19.2. The van der Waals surface area contributed by atoms with Crippen molar-refractivity contribution in [2.24, 2.45) is 5.92 Å². The van der Waals surface area contributed by atoms with Crippen LogP contribution in [-0.4, -0.2) is 32.2 Å². The van der Waals surface area contributed by atoms with Crippen LogP contribution in [-0.2, 0) is 4.79 Å². The van der Waals surface area contributed by atoms with E-state index >= 15 is 0 Å². The second-order valence-corrected chi connectivity index (χ2v) is 8.43. The van der Waals surface area contributed by atoms with Crippen LogP contribution in [0.1, 0.15) is 32.6 Å². The summed E-state index contributed by atoms with van der Waals surface area (Å²) in [6.07, 6.45) is 7.88. The minimum Gasteiger partial charge on any atom is -0.352 e. The summed E-state index contributed by atoms with van der Waals surface area (Å²) in [4.78, 5) is 34.5. The van der Waals surface area contributed by atoms with Gasteiger partial charge in [0.05, 0.1) is 28.5 Å². The smallest absolute Gasteiger partial charge is 0.266 e. The number of pyridine rings is 1. The van der Waals surface area contributed by atoms with Gasteiger partial charge in [-0.1, -0.05) is 43.7 Å². The van der Waals surface area contributed by atoms with E-state index in [-0.39, 0.29) is 23.3 Å². The number of hydrogen-bond donors (Lipinski definition) is 1. The summed E-state index contributed by atoms with van der Waals surface area (Å²) in [5, 5.41) is 4.20. The van der Waals surface area contributed by atoms with Gasteiger partial charge in [0, 0.05) is 12.2 Å². The average Bonchev–Trinajstić information content (AvgIpc) is 2.75. The molecule has 0 spiro atoms. The van der Waals surface area contributed by atoms with Crippen LogP contribution in [0, 0.1) is 5.92 Å². The highest BCUT2D eigenvalue weighted by atomic mass is 32.2. The van der Waals surface area contributed by atoms with Gasteiger partial charge < -0.3 is 5.32 Å². The molecule has 1 fully saturated rings. The van der Waals surface area contributed by atoms with Gasteiger partial charge in [0.1, 0.15) is 0 Å². The first-order valence-corrected chi connectivity index (χ1v) is 11.0. The van der Waals surface area contributed by atoms with Crippen molar-refractivity contribution >= 4 is 28.6 Å². The molecule has 150 valence electrons. The third-order valence-electron chi connectivity index (χ3n) is 5.44. The molecule has 2 heterocycles. The van der Waals surface area contributed by atoms with Gasteiger partial charge in [-0.2, -0.15) is 0 Å². The molecule has 1 aliphatic rings. The summed E-state index contributed by atoms with van der Waals surface area (Å²) in [6.45, 7) is 2.20. The lowest BCUT2D eigenvalue weighted by Crippen LogP contribution is -2.41. The van der Waals surface area contributed by atoms with Crippen LogP contribution in [0.4, 0.5) is 0 Å². The highest BCUT2D eigenvalue weighted by Crippen LogP contribution is 2.25. The summed E-state index contributed by atoms with van der Waals surface area (Å²) < 4.78 is 1.54. The summed E-state index contributed by atoms with van der Waals surface area (Å²) in [5.74, 6) is 0.702. The first-order chi connectivity index (χ1) is 14.1. The Hall–Kier alpha value is -2.67. The van der Waals surface area contributed by atoms with Gasteiger partial charge in [-0.15, -0.1) is 0 Å². The largest absolute Gasteiger partial charge is 0.352 e. The molecule has 0 aliphatic heterocycles. The number of benzene rings is 1. The van der Waals surface area contributed by atoms with E-state index < -0.39 is 0 Å². The van der Waals surface area contributed by atoms with Crippen molar-refractivity contribution in [3.63, 3.8) is 0 Å². The Bertz CT molecular complexity index is 1070. The third kappa shape index (κ3) is 4.34. The molecule has 3 aromatic rings. The molecule has 2 atom stereocenters. The fraction of sp³-hybridized carbons (Fsp3) is 0.364. The number of aromatic nitrogens is 3. The van der Waals surface area contributed by atoms with E-state index in [1.54, 1.807) is 24.5 Å². The molecule has 0 bridgehead atoms. The first-order valence-electron chi connectivity index (χ1n) is 9.98. The number of fused-ring (bicyclic) bond motifs is 1. The Kier molecular flexibility index (Phi) is 5.94. The van der Waals surface area contributed by atoms with E-state index in [2.05, 4.69) is 22.2 Å². The summed E-state index contributed by atoms with van der Waals surface area (Å²) in [6, 6.07) is 11.1. The van der Waals surface area contributed by atoms with Crippen molar-refractivity contribution < 1.29 is 4.79 Å². The summed E-state index contributed by atoms with van der Waals surface area (Å²) in [5.41, 5.74) is 1.11. The lowest BCUT2D eigenvalue weighted by Gasteiger charge is -2.29. The van der Waals surface area contributed by atoms with Crippen LogP contribution in [0.3, 0.4) is 0 Å². The van der Waals surface area contributed by atoms with Crippen LogP contribution < -0.4 is 10.9 Å². The standard InChI is InChI=1S/C22H24N4O2S/c1-15-7-2-4-10-18(15)24-20(27)14-29-22-25-19-11-5-3-9-17(19)21(28)26(22)16-8-6-12-23-13-16/h3,5-6,8-9,11-13,15,18H,2,4,7,10,14H2,1H3,(H,24,27). The van der Waals surface area contributed by atoms with E-state index in [4.69, 9.17) is 0 Å². The predicted octanol–water partition coefficient (Wildman–Crippen LogP) is 3.57. The second kappa shape index (κ2) is 8.78. The first kappa shape index (κ1) is 19.6. The number of thioether (sulfide) groups is 1. The number of nitrogens with zero attached hydrogens (tertiary/aromatic N) is 3. The molecule has 4 rings (SSSR count). The van der Waals surface area contributed by atoms with E-state index in [1.807, 2.05) is 24.3 Å². The lowest BCUT2D eigenvalue weighted by atomic mass is 9.86. The minimum atomic E-state index is -0.160. The van der Waals surface area contributed by atoms with Crippen molar-refractivity contribution in [3.05, 3.63) is 59.1 Å². The monoisotopic (exact) mass is 408 g/mol. The minimum absolute atomic E-state index is 0.0195. The Morgan fingerprint density at radius 1 is 1.21 bits per heavy atom. The number of carbonyl (C=O) groups is 1. The molecule has 1 amide bonds. The quantitative estimate of drug-likeness (QED) is 0.516. The van der Waals surface area contributed by atoms with Crippen molar-refractivity contribution in [3.8, 4) is 5.69 Å². The SMILES string of the molecule is CC1CCCCC1NC(=O)CSc1nc2ccccc2c(=O)n1-c1cccnc1. The Morgan fingerprint density at radius 3 is 2.83 bits per heavy atom.